The van der Waals surface area contributed by atoms with Crippen LogP contribution in [0.1, 0.15) is 19.3 Å². The average molecular weight is 395 g/mol. The molecule has 1 aliphatic heterocycles. The van der Waals surface area contributed by atoms with E-state index in [1.807, 2.05) is 0 Å². The summed E-state index contributed by atoms with van der Waals surface area (Å²) in [6, 6.07) is 4.93. The Morgan fingerprint density at radius 1 is 1.15 bits per heavy atom. The molecule has 1 aromatic carbocycles. The molecule has 1 saturated heterocycles. The number of ether oxygens (including phenoxy) is 2. The summed E-state index contributed by atoms with van der Waals surface area (Å²) < 4.78 is 40.8. The van der Waals surface area contributed by atoms with Gasteiger partial charge < -0.3 is 18.8 Å². The van der Waals surface area contributed by atoms with Gasteiger partial charge in [-0.3, -0.25) is 4.79 Å². The van der Waals surface area contributed by atoms with Gasteiger partial charge in [-0.1, -0.05) is 5.10 Å². The number of aromatic nitrogens is 2. The van der Waals surface area contributed by atoms with E-state index >= 15 is 0 Å². The fourth-order valence-electron chi connectivity index (χ4n) is 2.88. The van der Waals surface area contributed by atoms with Crippen molar-refractivity contribution in [1.82, 2.24) is 15.1 Å². The Morgan fingerprint density at radius 2 is 1.89 bits per heavy atom. The van der Waals surface area contributed by atoms with Gasteiger partial charge in [-0.05, 0) is 37.5 Å². The number of hydrogen-bond donors (Lipinski definition) is 0. The highest BCUT2D eigenvalue weighted by Crippen LogP contribution is 2.33. The number of piperidine rings is 1. The molecule has 27 heavy (non-hydrogen) atoms. The minimum absolute atomic E-state index is 0.0326. The minimum atomic E-state index is -4.03. The van der Waals surface area contributed by atoms with Crippen LogP contribution in [-0.2, 0) is 14.6 Å². The molecule has 146 valence electrons. The lowest BCUT2D eigenvalue weighted by Gasteiger charge is -2.26. The van der Waals surface area contributed by atoms with E-state index in [4.69, 9.17) is 13.9 Å². The van der Waals surface area contributed by atoms with Crippen LogP contribution in [0.15, 0.2) is 27.8 Å². The molecule has 2 heterocycles. The van der Waals surface area contributed by atoms with Crippen LogP contribution in [0.25, 0.3) is 11.5 Å². The number of rotatable bonds is 6. The first-order chi connectivity index (χ1) is 12.9. The Labute approximate surface area is 157 Å². The smallest absolute Gasteiger partial charge is 0.336 e. The zero-order chi connectivity index (χ0) is 19.4. The van der Waals surface area contributed by atoms with Crippen molar-refractivity contribution in [1.29, 1.82) is 0 Å². The van der Waals surface area contributed by atoms with Crippen molar-refractivity contribution < 1.29 is 27.1 Å². The van der Waals surface area contributed by atoms with E-state index in [2.05, 4.69) is 10.2 Å². The molecule has 3 rings (SSSR count). The number of benzene rings is 1. The maximum Gasteiger partial charge on any atom is 0.336 e. The second-order valence-electron chi connectivity index (χ2n) is 6.14. The molecule has 0 unspecified atom stereocenters. The van der Waals surface area contributed by atoms with Gasteiger partial charge in [0.15, 0.2) is 0 Å². The Hall–Kier alpha value is -2.62. The van der Waals surface area contributed by atoms with Gasteiger partial charge in [0.05, 0.1) is 19.8 Å². The molecule has 0 spiro atoms. The molecule has 0 N–H and O–H groups in total. The third kappa shape index (κ3) is 4.21. The zero-order valence-electron chi connectivity index (χ0n) is 15.2. The SMILES string of the molecule is COc1ccc(OC)c(-c2nnc(S(=O)(=O)CC(=O)N3CCCCC3)o2)c1. The predicted octanol–water partition coefficient (Wildman–Crippen LogP) is 1.54. The van der Waals surface area contributed by atoms with Gasteiger partial charge in [-0.25, -0.2) is 8.42 Å². The van der Waals surface area contributed by atoms with Crippen molar-refractivity contribution in [3.8, 4) is 23.0 Å². The lowest BCUT2D eigenvalue weighted by atomic mass is 10.1. The van der Waals surface area contributed by atoms with Crippen LogP contribution in [0.2, 0.25) is 0 Å². The van der Waals surface area contributed by atoms with Crippen molar-refractivity contribution in [3.63, 3.8) is 0 Å². The molecular formula is C17H21N3O6S. The Morgan fingerprint density at radius 3 is 2.56 bits per heavy atom. The van der Waals surface area contributed by atoms with Crippen LogP contribution in [0, 0.1) is 0 Å². The summed E-state index contributed by atoms with van der Waals surface area (Å²) in [5.74, 6) is -0.228. The largest absolute Gasteiger partial charge is 0.497 e. The molecule has 10 heteroatoms. The number of likely N-dealkylation sites (tertiary alicyclic amines) is 1. The van der Waals surface area contributed by atoms with Crippen molar-refractivity contribution in [2.75, 3.05) is 33.1 Å². The number of carbonyl (C=O) groups is 1. The lowest BCUT2D eigenvalue weighted by molar-refractivity contribution is -0.129. The number of amides is 1. The molecule has 2 aromatic rings. The number of nitrogens with zero attached hydrogens (tertiary/aromatic N) is 3. The molecule has 1 aliphatic rings. The van der Waals surface area contributed by atoms with Gasteiger partial charge in [-0.2, -0.15) is 0 Å². The summed E-state index contributed by atoms with van der Waals surface area (Å²) in [7, 11) is -1.06. The third-order valence-electron chi connectivity index (χ3n) is 4.33. The molecule has 1 amide bonds. The number of methoxy groups -OCH3 is 2. The molecule has 0 atom stereocenters. The van der Waals surface area contributed by atoms with E-state index in [9.17, 15) is 13.2 Å². The zero-order valence-corrected chi connectivity index (χ0v) is 16.0. The van der Waals surface area contributed by atoms with Gasteiger partial charge in [0.1, 0.15) is 17.3 Å². The van der Waals surface area contributed by atoms with Crippen LogP contribution in [0.5, 0.6) is 11.5 Å². The van der Waals surface area contributed by atoms with E-state index in [-0.39, 0.29) is 5.89 Å². The summed E-state index contributed by atoms with van der Waals surface area (Å²) in [4.78, 5) is 13.8. The summed E-state index contributed by atoms with van der Waals surface area (Å²) in [6.07, 6.45) is 2.81. The number of hydrogen-bond acceptors (Lipinski definition) is 8. The van der Waals surface area contributed by atoms with Gasteiger partial charge in [0.25, 0.3) is 5.89 Å². The molecule has 9 nitrogen and oxygen atoms in total. The Kier molecular flexibility index (Phi) is 5.64. The van der Waals surface area contributed by atoms with E-state index in [1.54, 1.807) is 23.1 Å². The first-order valence-electron chi connectivity index (χ1n) is 8.51. The topological polar surface area (TPSA) is 112 Å². The number of sulfone groups is 1. The fourth-order valence-corrected chi connectivity index (χ4v) is 3.89. The van der Waals surface area contributed by atoms with Crippen molar-refractivity contribution in [3.05, 3.63) is 18.2 Å². The van der Waals surface area contributed by atoms with Crippen LogP contribution in [0.3, 0.4) is 0 Å². The Bertz CT molecular complexity index is 919. The standard InChI is InChI=1S/C17H21N3O6S/c1-24-12-6-7-14(25-2)13(10-12)16-18-19-17(26-16)27(22,23)11-15(21)20-8-4-3-5-9-20/h6-7,10H,3-5,8-9,11H2,1-2H3. The highest BCUT2D eigenvalue weighted by molar-refractivity contribution is 7.91. The normalized spacial score (nSPS) is 14.8. The van der Waals surface area contributed by atoms with E-state index in [0.717, 1.165) is 19.3 Å². The second kappa shape index (κ2) is 7.95. The van der Waals surface area contributed by atoms with E-state index in [1.165, 1.54) is 14.2 Å². The molecular weight excluding hydrogens is 374 g/mol. The van der Waals surface area contributed by atoms with E-state index in [0.29, 0.717) is 30.2 Å². The summed E-state index contributed by atoms with van der Waals surface area (Å²) in [5.41, 5.74) is 0.396. The summed E-state index contributed by atoms with van der Waals surface area (Å²) >= 11 is 0. The van der Waals surface area contributed by atoms with Crippen molar-refractivity contribution in [2.45, 2.75) is 24.5 Å². The lowest BCUT2D eigenvalue weighted by Crippen LogP contribution is -2.39. The van der Waals surface area contributed by atoms with Crippen molar-refractivity contribution >= 4 is 15.7 Å². The Balaban J connectivity index is 1.83. The maximum absolute atomic E-state index is 12.5. The van der Waals surface area contributed by atoms with Gasteiger partial charge >= 0.3 is 5.22 Å². The first kappa shape index (κ1) is 19.2. The van der Waals surface area contributed by atoms with E-state index < -0.39 is 26.7 Å². The van der Waals surface area contributed by atoms with Gasteiger partial charge in [0, 0.05) is 13.1 Å². The molecule has 0 radical (unpaired) electrons. The summed E-state index contributed by atoms with van der Waals surface area (Å²) in [5, 5.41) is 6.83. The van der Waals surface area contributed by atoms with Crippen LogP contribution < -0.4 is 9.47 Å². The minimum Gasteiger partial charge on any atom is -0.497 e. The molecule has 1 fully saturated rings. The monoisotopic (exact) mass is 395 g/mol. The highest BCUT2D eigenvalue weighted by Gasteiger charge is 2.29. The first-order valence-corrected chi connectivity index (χ1v) is 10.2. The van der Waals surface area contributed by atoms with Crippen LogP contribution >= 0.6 is 0 Å². The fraction of sp³-hybridized carbons (Fsp3) is 0.471. The molecule has 0 bridgehead atoms. The number of carbonyl (C=O) groups excluding carboxylic acids is 1. The van der Waals surface area contributed by atoms with Gasteiger partial charge in [-0.15, -0.1) is 5.10 Å². The quantitative estimate of drug-likeness (QED) is 0.724. The maximum atomic E-state index is 12.5. The second-order valence-corrected chi connectivity index (χ2v) is 8.01. The average Bonchev–Trinajstić information content (AvgIpc) is 3.19. The predicted molar refractivity (Wildman–Crippen MR) is 95.3 cm³/mol. The molecule has 0 saturated carbocycles. The van der Waals surface area contributed by atoms with Crippen LogP contribution in [-0.4, -0.2) is 62.5 Å². The third-order valence-corrected chi connectivity index (χ3v) is 5.66. The van der Waals surface area contributed by atoms with Crippen LogP contribution in [0.4, 0.5) is 0 Å². The summed E-state index contributed by atoms with van der Waals surface area (Å²) in [6.45, 7) is 1.15. The molecule has 0 aliphatic carbocycles. The molecule has 1 aromatic heterocycles. The van der Waals surface area contributed by atoms with Crippen molar-refractivity contribution in [2.24, 2.45) is 0 Å². The van der Waals surface area contributed by atoms with Gasteiger partial charge in [0.2, 0.25) is 15.7 Å². The highest BCUT2D eigenvalue weighted by atomic mass is 32.2.